The van der Waals surface area contributed by atoms with E-state index in [1.54, 1.807) is 18.2 Å². The first-order valence-electron chi connectivity index (χ1n) is 4.72. The van der Waals surface area contributed by atoms with Crippen LogP contribution in [0, 0.1) is 0 Å². The number of nitrogens with two attached hydrogens (primary N) is 2. The summed E-state index contributed by atoms with van der Waals surface area (Å²) in [6.07, 6.45) is -1.41. The first-order valence-corrected chi connectivity index (χ1v) is 5.51. The molecule has 6 nitrogen and oxygen atoms in total. The Labute approximate surface area is 106 Å². The number of aliphatic hydroxyl groups is 1. The second-order valence-electron chi connectivity index (χ2n) is 3.36. The smallest absolute Gasteiger partial charge is 0.253 e. The van der Waals surface area contributed by atoms with E-state index in [2.05, 4.69) is 21.2 Å². The van der Waals surface area contributed by atoms with E-state index in [4.69, 9.17) is 16.6 Å². The third-order valence-corrected chi connectivity index (χ3v) is 2.54. The van der Waals surface area contributed by atoms with Gasteiger partial charge in [-0.3, -0.25) is 9.59 Å². The minimum atomic E-state index is -1.41. The summed E-state index contributed by atoms with van der Waals surface area (Å²) in [6.45, 7) is -0.250. The molecule has 1 aromatic rings. The van der Waals surface area contributed by atoms with Crippen molar-refractivity contribution in [3.63, 3.8) is 0 Å². The molecule has 1 aromatic carbocycles. The summed E-state index contributed by atoms with van der Waals surface area (Å²) in [7, 11) is 0. The van der Waals surface area contributed by atoms with Gasteiger partial charge >= 0.3 is 0 Å². The number of nitrogen functional groups attached to an aromatic ring is 1. The van der Waals surface area contributed by atoms with Gasteiger partial charge in [0.05, 0.1) is 12.1 Å². The van der Waals surface area contributed by atoms with E-state index >= 15 is 0 Å². The molecule has 0 saturated heterocycles. The van der Waals surface area contributed by atoms with Crippen LogP contribution >= 0.6 is 15.9 Å². The van der Waals surface area contributed by atoms with Crippen molar-refractivity contribution in [1.82, 2.24) is 5.32 Å². The molecule has 0 aromatic heterocycles. The molecule has 0 aliphatic heterocycles. The number of hydrogen-bond acceptors (Lipinski definition) is 4. The molecule has 0 saturated carbocycles. The second-order valence-corrected chi connectivity index (χ2v) is 4.28. The largest absolute Gasteiger partial charge is 0.398 e. The van der Waals surface area contributed by atoms with Crippen LogP contribution in [0.5, 0.6) is 0 Å². The number of carbonyl (C=O) groups is 2. The highest BCUT2D eigenvalue weighted by molar-refractivity contribution is 9.10. The normalized spacial score (nSPS) is 11.9. The van der Waals surface area contributed by atoms with Gasteiger partial charge in [0.2, 0.25) is 5.91 Å². The van der Waals surface area contributed by atoms with Gasteiger partial charge in [-0.15, -0.1) is 0 Å². The minimum absolute atomic E-state index is 0.250. The number of nitrogens with one attached hydrogen (secondary N) is 1. The van der Waals surface area contributed by atoms with Gasteiger partial charge in [-0.05, 0) is 18.2 Å². The summed E-state index contributed by atoms with van der Waals surface area (Å²) in [5.41, 5.74) is 11.0. The lowest BCUT2D eigenvalue weighted by Crippen LogP contribution is -2.40. The van der Waals surface area contributed by atoms with Crippen LogP contribution in [-0.4, -0.2) is 29.6 Å². The van der Waals surface area contributed by atoms with Crippen molar-refractivity contribution in [2.24, 2.45) is 5.73 Å². The Kier molecular flexibility index (Phi) is 4.47. The molecule has 0 aliphatic carbocycles. The molecule has 92 valence electrons. The lowest BCUT2D eigenvalue weighted by atomic mass is 10.1. The zero-order chi connectivity index (χ0) is 13.0. The van der Waals surface area contributed by atoms with Gasteiger partial charge in [0.15, 0.2) is 0 Å². The van der Waals surface area contributed by atoms with Crippen LogP contribution in [-0.2, 0) is 4.79 Å². The van der Waals surface area contributed by atoms with Crippen LogP contribution in [0.25, 0.3) is 0 Å². The topological polar surface area (TPSA) is 118 Å². The first-order chi connectivity index (χ1) is 7.91. The maximum absolute atomic E-state index is 11.7. The zero-order valence-electron chi connectivity index (χ0n) is 8.81. The molecular formula is C10H12BrN3O3. The molecule has 1 rings (SSSR count). The van der Waals surface area contributed by atoms with E-state index in [-0.39, 0.29) is 12.1 Å². The lowest BCUT2D eigenvalue weighted by molar-refractivity contribution is -0.125. The molecule has 17 heavy (non-hydrogen) atoms. The van der Waals surface area contributed by atoms with Gasteiger partial charge in [0, 0.05) is 10.2 Å². The van der Waals surface area contributed by atoms with E-state index in [0.717, 1.165) is 0 Å². The predicted octanol–water partition coefficient (Wildman–Crippen LogP) is -0.393. The van der Waals surface area contributed by atoms with Gasteiger partial charge in [0.1, 0.15) is 6.10 Å². The Morgan fingerprint density at radius 2 is 2.12 bits per heavy atom. The Morgan fingerprint density at radius 1 is 1.47 bits per heavy atom. The van der Waals surface area contributed by atoms with Crippen LogP contribution in [0.4, 0.5) is 5.69 Å². The Balaban J connectivity index is 2.70. The quantitative estimate of drug-likeness (QED) is 0.566. The van der Waals surface area contributed by atoms with E-state index in [1.807, 2.05) is 0 Å². The molecule has 1 unspecified atom stereocenters. The number of anilines is 1. The molecule has 6 N–H and O–H groups in total. The summed E-state index contributed by atoms with van der Waals surface area (Å²) in [5, 5.41) is 11.5. The second kappa shape index (κ2) is 5.65. The highest BCUT2D eigenvalue weighted by atomic mass is 79.9. The number of rotatable bonds is 4. The molecule has 2 amide bonds. The maximum Gasteiger partial charge on any atom is 0.253 e. The van der Waals surface area contributed by atoms with Gasteiger partial charge < -0.3 is 21.9 Å². The number of primary amides is 1. The standard InChI is InChI=1S/C10H12BrN3O3/c11-5-1-2-7(12)6(3-5)10(17)14-4-8(15)9(13)16/h1-3,8,15H,4,12H2,(H2,13,16)(H,14,17). The summed E-state index contributed by atoms with van der Waals surface area (Å²) < 4.78 is 0.701. The Bertz CT molecular complexity index is 450. The molecule has 7 heteroatoms. The maximum atomic E-state index is 11.7. The highest BCUT2D eigenvalue weighted by Gasteiger charge is 2.14. The molecule has 0 aliphatic rings. The number of amides is 2. The molecule has 0 heterocycles. The summed E-state index contributed by atoms with van der Waals surface area (Å²) in [4.78, 5) is 22.2. The predicted molar refractivity (Wildman–Crippen MR) is 66.1 cm³/mol. The van der Waals surface area contributed by atoms with Crippen molar-refractivity contribution in [1.29, 1.82) is 0 Å². The zero-order valence-corrected chi connectivity index (χ0v) is 10.4. The Hall–Kier alpha value is -1.60. The summed E-state index contributed by atoms with van der Waals surface area (Å²) in [6, 6.07) is 4.81. The van der Waals surface area contributed by atoms with Crippen molar-refractivity contribution in [3.8, 4) is 0 Å². The van der Waals surface area contributed by atoms with E-state index in [1.165, 1.54) is 0 Å². The fourth-order valence-electron chi connectivity index (χ4n) is 1.11. The molecule has 0 radical (unpaired) electrons. The molecule has 1 atom stereocenters. The van der Waals surface area contributed by atoms with Gasteiger partial charge in [0.25, 0.3) is 5.91 Å². The SMILES string of the molecule is NC(=O)C(O)CNC(=O)c1cc(Br)ccc1N. The fraction of sp³-hybridized carbons (Fsp3) is 0.200. The van der Waals surface area contributed by atoms with Crippen molar-refractivity contribution in [2.45, 2.75) is 6.10 Å². The highest BCUT2D eigenvalue weighted by Crippen LogP contribution is 2.18. The molecular weight excluding hydrogens is 290 g/mol. The van der Waals surface area contributed by atoms with Crippen molar-refractivity contribution < 1.29 is 14.7 Å². The van der Waals surface area contributed by atoms with E-state index in [9.17, 15) is 9.59 Å². The third kappa shape index (κ3) is 3.72. The average Bonchev–Trinajstić information content (AvgIpc) is 2.28. The van der Waals surface area contributed by atoms with E-state index in [0.29, 0.717) is 10.2 Å². The molecule has 0 fully saturated rings. The lowest BCUT2D eigenvalue weighted by Gasteiger charge is -2.10. The fourth-order valence-corrected chi connectivity index (χ4v) is 1.47. The van der Waals surface area contributed by atoms with E-state index < -0.39 is 17.9 Å². The number of hydrogen-bond donors (Lipinski definition) is 4. The Morgan fingerprint density at radius 3 is 2.71 bits per heavy atom. The number of carbonyl (C=O) groups excluding carboxylic acids is 2. The molecule has 0 bridgehead atoms. The first kappa shape index (κ1) is 13.5. The van der Waals surface area contributed by atoms with Crippen LogP contribution < -0.4 is 16.8 Å². The van der Waals surface area contributed by atoms with Crippen LogP contribution in [0.1, 0.15) is 10.4 Å². The van der Waals surface area contributed by atoms with Gasteiger partial charge in [-0.1, -0.05) is 15.9 Å². The molecule has 0 spiro atoms. The van der Waals surface area contributed by atoms with Crippen molar-refractivity contribution in [2.75, 3.05) is 12.3 Å². The summed E-state index contributed by atoms with van der Waals surface area (Å²) in [5.74, 6) is -1.38. The number of aliphatic hydroxyl groups excluding tert-OH is 1. The van der Waals surface area contributed by atoms with Crippen molar-refractivity contribution >= 4 is 33.4 Å². The van der Waals surface area contributed by atoms with Crippen LogP contribution in [0.3, 0.4) is 0 Å². The van der Waals surface area contributed by atoms with Crippen LogP contribution in [0.15, 0.2) is 22.7 Å². The van der Waals surface area contributed by atoms with Crippen molar-refractivity contribution in [3.05, 3.63) is 28.2 Å². The average molecular weight is 302 g/mol. The number of benzene rings is 1. The minimum Gasteiger partial charge on any atom is -0.398 e. The number of halogens is 1. The van der Waals surface area contributed by atoms with Gasteiger partial charge in [-0.2, -0.15) is 0 Å². The monoisotopic (exact) mass is 301 g/mol. The van der Waals surface area contributed by atoms with Crippen LogP contribution in [0.2, 0.25) is 0 Å². The summed E-state index contributed by atoms with van der Waals surface area (Å²) >= 11 is 3.21. The van der Waals surface area contributed by atoms with Gasteiger partial charge in [-0.25, -0.2) is 0 Å². The third-order valence-electron chi connectivity index (χ3n) is 2.04.